The Balaban J connectivity index is 3.00. The van der Waals surface area contributed by atoms with Crippen molar-refractivity contribution in [2.45, 2.75) is 29.7 Å². The number of carboxylic acids is 1. The third-order valence-corrected chi connectivity index (χ3v) is 3.76. The van der Waals surface area contributed by atoms with E-state index in [0.717, 1.165) is 0 Å². The maximum absolute atomic E-state index is 11.1. The molecule has 0 saturated heterocycles. The summed E-state index contributed by atoms with van der Waals surface area (Å²) >= 11 is 11.9. The molecule has 0 aromatic carbocycles. The minimum absolute atomic E-state index is 0.0898. The molecule has 2 atom stereocenters. The summed E-state index contributed by atoms with van der Waals surface area (Å²) < 4.78 is 3.80. The molecule has 0 aliphatic heterocycles. The van der Waals surface area contributed by atoms with Crippen molar-refractivity contribution in [2.75, 3.05) is 7.11 Å². The predicted octanol–water partition coefficient (Wildman–Crippen LogP) is 1.63. The zero-order valence-electron chi connectivity index (χ0n) is 8.42. The Morgan fingerprint density at radius 1 is 1.53 bits per heavy atom. The van der Waals surface area contributed by atoms with Gasteiger partial charge in [-0.1, -0.05) is 23.2 Å². The molecular formula is C9H12Cl2O4. The number of hydrogen-bond donors (Lipinski definition) is 1. The molecule has 1 aliphatic carbocycles. The van der Waals surface area contributed by atoms with Crippen LogP contribution in [-0.4, -0.2) is 33.9 Å². The average Bonchev–Trinajstić information content (AvgIpc) is 2.09. The van der Waals surface area contributed by atoms with Crippen molar-refractivity contribution >= 4 is 35.0 Å². The number of halogens is 2. The topological polar surface area (TPSA) is 63.6 Å². The zero-order chi connectivity index (χ0) is 11.9. The summed E-state index contributed by atoms with van der Waals surface area (Å²) in [5.41, 5.74) is -1.30. The molecule has 0 aromatic rings. The SMILES string of the molecule is COC1(CC(C)=O)C(C(=O)O)CC1(Cl)Cl. The van der Waals surface area contributed by atoms with Gasteiger partial charge in [-0.25, -0.2) is 0 Å². The molecule has 86 valence electrons. The Hall–Kier alpha value is -0.320. The van der Waals surface area contributed by atoms with Gasteiger partial charge in [0.1, 0.15) is 15.7 Å². The van der Waals surface area contributed by atoms with Gasteiger partial charge in [0.05, 0.1) is 5.92 Å². The molecule has 0 aromatic heterocycles. The van der Waals surface area contributed by atoms with Gasteiger partial charge in [0.25, 0.3) is 0 Å². The normalized spacial score (nSPS) is 33.2. The van der Waals surface area contributed by atoms with E-state index in [1.807, 2.05) is 0 Å². The molecule has 6 heteroatoms. The Morgan fingerprint density at radius 3 is 2.33 bits per heavy atom. The highest BCUT2D eigenvalue weighted by Crippen LogP contribution is 2.58. The van der Waals surface area contributed by atoms with Crippen LogP contribution in [0, 0.1) is 5.92 Å². The number of carbonyl (C=O) groups excluding carboxylic acids is 1. The number of carboxylic acid groups (broad SMARTS) is 1. The van der Waals surface area contributed by atoms with E-state index < -0.39 is 21.8 Å². The van der Waals surface area contributed by atoms with Crippen molar-refractivity contribution in [3.63, 3.8) is 0 Å². The first kappa shape index (κ1) is 12.7. The molecule has 1 N–H and O–H groups in total. The lowest BCUT2D eigenvalue weighted by atomic mass is 9.65. The Kier molecular flexibility index (Phi) is 3.33. The van der Waals surface area contributed by atoms with E-state index in [1.165, 1.54) is 14.0 Å². The smallest absolute Gasteiger partial charge is 0.309 e. The van der Waals surface area contributed by atoms with Crippen molar-refractivity contribution in [2.24, 2.45) is 5.92 Å². The molecule has 2 unspecified atom stereocenters. The van der Waals surface area contributed by atoms with Crippen LogP contribution in [0.25, 0.3) is 0 Å². The molecule has 0 spiro atoms. The first-order valence-corrected chi connectivity index (χ1v) is 5.17. The lowest BCUT2D eigenvalue weighted by Crippen LogP contribution is -2.67. The monoisotopic (exact) mass is 254 g/mol. The van der Waals surface area contributed by atoms with Crippen LogP contribution in [0.2, 0.25) is 0 Å². The van der Waals surface area contributed by atoms with Gasteiger partial charge < -0.3 is 9.84 Å². The second-order valence-corrected chi connectivity index (χ2v) is 5.26. The second kappa shape index (κ2) is 3.92. The molecule has 0 radical (unpaired) electrons. The number of ether oxygens (including phenoxy) is 1. The van der Waals surface area contributed by atoms with Gasteiger partial charge in [0, 0.05) is 13.5 Å². The van der Waals surface area contributed by atoms with Crippen molar-refractivity contribution in [1.29, 1.82) is 0 Å². The number of hydrogen-bond acceptors (Lipinski definition) is 3. The van der Waals surface area contributed by atoms with Crippen molar-refractivity contribution in [1.82, 2.24) is 0 Å². The highest BCUT2D eigenvalue weighted by Gasteiger charge is 2.68. The van der Waals surface area contributed by atoms with E-state index in [4.69, 9.17) is 33.0 Å². The predicted molar refractivity (Wildman–Crippen MR) is 55.2 cm³/mol. The molecule has 15 heavy (non-hydrogen) atoms. The molecule has 1 saturated carbocycles. The van der Waals surface area contributed by atoms with Crippen LogP contribution in [-0.2, 0) is 14.3 Å². The van der Waals surface area contributed by atoms with Crippen LogP contribution in [0.15, 0.2) is 0 Å². The molecule has 4 nitrogen and oxygen atoms in total. The maximum atomic E-state index is 11.1. The highest BCUT2D eigenvalue weighted by molar-refractivity contribution is 6.50. The van der Waals surface area contributed by atoms with E-state index in [9.17, 15) is 9.59 Å². The number of ketones is 1. The Labute approximate surface area is 97.5 Å². The zero-order valence-corrected chi connectivity index (χ0v) is 9.93. The highest BCUT2D eigenvalue weighted by atomic mass is 35.5. The van der Waals surface area contributed by atoms with E-state index in [0.29, 0.717) is 0 Å². The number of methoxy groups -OCH3 is 1. The van der Waals surface area contributed by atoms with Crippen LogP contribution in [0.1, 0.15) is 19.8 Å². The fraction of sp³-hybridized carbons (Fsp3) is 0.778. The van der Waals surface area contributed by atoms with Gasteiger partial charge in [0.15, 0.2) is 0 Å². The van der Waals surface area contributed by atoms with Crippen LogP contribution in [0.3, 0.4) is 0 Å². The number of alkyl halides is 2. The Bertz CT molecular complexity index is 302. The van der Waals surface area contributed by atoms with Crippen LogP contribution < -0.4 is 0 Å². The summed E-state index contributed by atoms with van der Waals surface area (Å²) in [5, 5.41) is 8.94. The maximum Gasteiger partial charge on any atom is 0.309 e. The quantitative estimate of drug-likeness (QED) is 0.775. The summed E-state index contributed by atoms with van der Waals surface area (Å²) in [5.74, 6) is -2.08. The number of rotatable bonds is 4. The molecular weight excluding hydrogens is 243 g/mol. The van der Waals surface area contributed by atoms with Crippen molar-refractivity contribution < 1.29 is 19.4 Å². The van der Waals surface area contributed by atoms with Crippen molar-refractivity contribution in [3.8, 4) is 0 Å². The van der Waals surface area contributed by atoms with Gasteiger partial charge >= 0.3 is 5.97 Å². The minimum atomic E-state index is -1.31. The van der Waals surface area contributed by atoms with Gasteiger partial charge in [-0.2, -0.15) is 0 Å². The summed E-state index contributed by atoms with van der Waals surface area (Å²) in [6, 6.07) is 0. The van der Waals surface area contributed by atoms with Gasteiger partial charge in [-0.3, -0.25) is 9.59 Å². The van der Waals surface area contributed by atoms with E-state index in [1.54, 1.807) is 0 Å². The molecule has 0 bridgehead atoms. The lowest BCUT2D eigenvalue weighted by molar-refractivity contribution is -0.179. The van der Waals surface area contributed by atoms with Gasteiger partial charge in [0.2, 0.25) is 0 Å². The standard InChI is InChI=1S/C9H12Cl2O4/c1-5(12)3-8(15-2)6(7(13)14)4-9(8,10)11/h6H,3-4H2,1-2H3,(H,13,14). The minimum Gasteiger partial charge on any atom is -0.481 e. The van der Waals surface area contributed by atoms with Gasteiger partial charge in [-0.15, -0.1) is 0 Å². The molecule has 1 rings (SSSR count). The average molecular weight is 255 g/mol. The fourth-order valence-electron chi connectivity index (χ4n) is 1.99. The second-order valence-electron chi connectivity index (χ2n) is 3.77. The third-order valence-electron chi connectivity index (χ3n) is 2.82. The van der Waals surface area contributed by atoms with Gasteiger partial charge in [-0.05, 0) is 13.3 Å². The molecule has 0 amide bonds. The van der Waals surface area contributed by atoms with Crippen LogP contribution in [0.4, 0.5) is 0 Å². The van der Waals surface area contributed by atoms with Crippen LogP contribution in [0.5, 0.6) is 0 Å². The third kappa shape index (κ3) is 1.86. The Morgan fingerprint density at radius 2 is 2.07 bits per heavy atom. The summed E-state index contributed by atoms with van der Waals surface area (Å²) in [6.45, 7) is 1.35. The summed E-state index contributed by atoms with van der Waals surface area (Å²) in [4.78, 5) is 22.0. The largest absolute Gasteiger partial charge is 0.481 e. The summed E-state index contributed by atoms with van der Waals surface area (Å²) in [7, 11) is 1.32. The van der Waals surface area contributed by atoms with E-state index >= 15 is 0 Å². The number of aliphatic carboxylic acids is 1. The lowest BCUT2D eigenvalue weighted by Gasteiger charge is -2.54. The van der Waals surface area contributed by atoms with E-state index in [-0.39, 0.29) is 18.6 Å². The van der Waals surface area contributed by atoms with E-state index in [2.05, 4.69) is 0 Å². The first-order valence-electron chi connectivity index (χ1n) is 4.42. The fourth-order valence-corrected chi connectivity index (χ4v) is 2.85. The number of carbonyl (C=O) groups is 2. The summed E-state index contributed by atoms with van der Waals surface area (Å²) in [6.07, 6.45) is 0.0000309. The number of Topliss-reactive ketones (excluding diaryl/α,β-unsaturated/α-hetero) is 1. The first-order chi connectivity index (χ1) is 6.77. The molecule has 0 heterocycles. The van der Waals surface area contributed by atoms with Crippen LogP contribution >= 0.6 is 23.2 Å². The van der Waals surface area contributed by atoms with Crippen molar-refractivity contribution in [3.05, 3.63) is 0 Å². The molecule has 1 fully saturated rings. The molecule has 1 aliphatic rings.